The molecule has 0 saturated carbocycles. The van der Waals surface area contributed by atoms with E-state index < -0.39 is 0 Å². The lowest BCUT2D eigenvalue weighted by atomic mass is 10.2. The molecule has 1 aromatic heterocycles. The van der Waals surface area contributed by atoms with E-state index in [4.69, 9.17) is 4.42 Å². The fraction of sp³-hybridized carbons (Fsp3) is 0.778. The van der Waals surface area contributed by atoms with Crippen molar-refractivity contribution >= 4 is 0 Å². The number of nitrogens with one attached hydrogen (secondary N) is 1. The monoisotopic (exact) mass is 196 g/mol. The molecule has 1 unspecified atom stereocenters. The minimum atomic E-state index is 0.538. The summed E-state index contributed by atoms with van der Waals surface area (Å²) in [7, 11) is 0. The van der Waals surface area contributed by atoms with Crippen LogP contribution in [0.2, 0.25) is 0 Å². The van der Waals surface area contributed by atoms with E-state index in [1.54, 1.807) is 0 Å². The van der Waals surface area contributed by atoms with Crippen LogP contribution in [0.15, 0.2) is 4.42 Å². The van der Waals surface area contributed by atoms with Gasteiger partial charge in [0.15, 0.2) is 0 Å². The molecular weight excluding hydrogens is 180 g/mol. The van der Waals surface area contributed by atoms with Crippen LogP contribution in [0.3, 0.4) is 0 Å². The van der Waals surface area contributed by atoms with Gasteiger partial charge in [-0.05, 0) is 6.92 Å². The quantitative estimate of drug-likeness (QED) is 0.731. The Morgan fingerprint density at radius 3 is 3.07 bits per heavy atom. The fourth-order valence-electron chi connectivity index (χ4n) is 1.69. The Hall–Kier alpha value is -0.940. The van der Waals surface area contributed by atoms with Crippen molar-refractivity contribution in [1.29, 1.82) is 0 Å². The second-order valence-corrected chi connectivity index (χ2v) is 3.74. The average molecular weight is 196 g/mol. The number of hydrogen-bond acceptors (Lipinski definition) is 5. The van der Waals surface area contributed by atoms with Gasteiger partial charge in [0.25, 0.3) is 0 Å². The molecule has 1 aromatic rings. The molecule has 5 heteroatoms. The lowest BCUT2D eigenvalue weighted by Crippen LogP contribution is -2.49. The van der Waals surface area contributed by atoms with Gasteiger partial charge < -0.3 is 9.73 Å². The highest BCUT2D eigenvalue weighted by atomic mass is 16.4. The number of aryl methyl sites for hydroxylation is 1. The van der Waals surface area contributed by atoms with E-state index in [-0.39, 0.29) is 0 Å². The molecule has 0 amide bonds. The minimum Gasteiger partial charge on any atom is -0.424 e. The largest absolute Gasteiger partial charge is 0.424 e. The third kappa shape index (κ3) is 2.10. The first kappa shape index (κ1) is 9.61. The van der Waals surface area contributed by atoms with Crippen molar-refractivity contribution in [2.24, 2.45) is 0 Å². The van der Waals surface area contributed by atoms with E-state index in [0.717, 1.165) is 32.1 Å². The molecule has 1 fully saturated rings. The molecule has 1 aliphatic rings. The zero-order chi connectivity index (χ0) is 9.97. The third-order valence-electron chi connectivity index (χ3n) is 2.55. The van der Waals surface area contributed by atoms with Crippen LogP contribution >= 0.6 is 0 Å². The summed E-state index contributed by atoms with van der Waals surface area (Å²) >= 11 is 0. The van der Waals surface area contributed by atoms with Crippen LogP contribution in [0.1, 0.15) is 18.7 Å². The number of piperazine rings is 1. The summed E-state index contributed by atoms with van der Waals surface area (Å²) in [4.78, 5) is 2.35. The molecule has 0 aromatic carbocycles. The van der Waals surface area contributed by atoms with Gasteiger partial charge >= 0.3 is 0 Å². The highest BCUT2D eigenvalue weighted by molar-refractivity contribution is 4.83. The highest BCUT2D eigenvalue weighted by Gasteiger charge is 2.19. The van der Waals surface area contributed by atoms with Crippen LogP contribution in [0, 0.1) is 6.92 Å². The van der Waals surface area contributed by atoms with Crippen molar-refractivity contribution in [1.82, 2.24) is 20.4 Å². The molecule has 5 nitrogen and oxygen atoms in total. The molecule has 0 aliphatic carbocycles. The van der Waals surface area contributed by atoms with Crippen molar-refractivity contribution in [3.8, 4) is 0 Å². The van der Waals surface area contributed by atoms with Crippen molar-refractivity contribution in [2.75, 3.05) is 19.6 Å². The van der Waals surface area contributed by atoms with Crippen molar-refractivity contribution < 1.29 is 4.42 Å². The summed E-state index contributed by atoms with van der Waals surface area (Å²) in [5, 5.41) is 11.2. The molecular formula is C9H16N4O. The Labute approximate surface area is 83.5 Å². The maximum Gasteiger partial charge on any atom is 0.230 e. The Bertz CT molecular complexity index is 299. The number of aromatic nitrogens is 2. The zero-order valence-electron chi connectivity index (χ0n) is 8.66. The number of nitrogens with zero attached hydrogens (tertiary/aromatic N) is 3. The fourth-order valence-corrected chi connectivity index (χ4v) is 1.69. The first-order valence-corrected chi connectivity index (χ1v) is 4.99. The second kappa shape index (κ2) is 4.06. The van der Waals surface area contributed by atoms with Crippen molar-refractivity contribution in [3.63, 3.8) is 0 Å². The molecule has 0 radical (unpaired) electrons. The lowest BCUT2D eigenvalue weighted by Gasteiger charge is -2.32. The van der Waals surface area contributed by atoms with E-state index in [1.807, 2.05) is 6.92 Å². The van der Waals surface area contributed by atoms with E-state index >= 15 is 0 Å². The molecule has 1 saturated heterocycles. The van der Waals surface area contributed by atoms with Gasteiger partial charge in [0.1, 0.15) is 0 Å². The van der Waals surface area contributed by atoms with Gasteiger partial charge in [-0.1, -0.05) is 0 Å². The zero-order valence-corrected chi connectivity index (χ0v) is 8.66. The lowest BCUT2D eigenvalue weighted by molar-refractivity contribution is 0.150. The number of rotatable bonds is 2. The molecule has 0 bridgehead atoms. The molecule has 14 heavy (non-hydrogen) atoms. The molecule has 2 heterocycles. The smallest absolute Gasteiger partial charge is 0.230 e. The van der Waals surface area contributed by atoms with Gasteiger partial charge in [0.2, 0.25) is 11.8 Å². The Kier molecular flexibility index (Phi) is 2.79. The van der Waals surface area contributed by atoms with E-state index in [9.17, 15) is 0 Å². The predicted octanol–water partition coefficient (Wildman–Crippen LogP) is 0.172. The molecule has 2 rings (SSSR count). The summed E-state index contributed by atoms with van der Waals surface area (Å²) in [6.45, 7) is 7.91. The van der Waals surface area contributed by atoms with Crippen LogP contribution < -0.4 is 5.32 Å². The Balaban J connectivity index is 1.95. The van der Waals surface area contributed by atoms with Crippen LogP contribution in [0.4, 0.5) is 0 Å². The Morgan fingerprint density at radius 2 is 2.43 bits per heavy atom. The van der Waals surface area contributed by atoms with E-state index in [0.29, 0.717) is 11.9 Å². The standard InChI is InChI=1S/C9H16N4O/c1-7-5-10-3-4-13(7)6-9-12-11-8(2)14-9/h7,10H,3-6H2,1-2H3. The Morgan fingerprint density at radius 1 is 1.57 bits per heavy atom. The van der Waals surface area contributed by atoms with Gasteiger partial charge in [-0.3, -0.25) is 4.90 Å². The summed E-state index contributed by atoms with van der Waals surface area (Å²) in [5.41, 5.74) is 0. The van der Waals surface area contributed by atoms with Crippen LogP contribution in [0.25, 0.3) is 0 Å². The predicted molar refractivity (Wildman–Crippen MR) is 51.8 cm³/mol. The first-order chi connectivity index (χ1) is 6.75. The van der Waals surface area contributed by atoms with Crippen molar-refractivity contribution in [3.05, 3.63) is 11.8 Å². The summed E-state index contributed by atoms with van der Waals surface area (Å²) < 4.78 is 5.35. The molecule has 0 spiro atoms. The van der Waals surface area contributed by atoms with Crippen LogP contribution in [0.5, 0.6) is 0 Å². The molecule has 1 atom stereocenters. The van der Waals surface area contributed by atoms with Crippen LogP contribution in [-0.2, 0) is 6.54 Å². The first-order valence-electron chi connectivity index (χ1n) is 4.99. The van der Waals surface area contributed by atoms with Gasteiger partial charge in [0.05, 0.1) is 6.54 Å². The van der Waals surface area contributed by atoms with Gasteiger partial charge in [-0.15, -0.1) is 10.2 Å². The molecule has 78 valence electrons. The van der Waals surface area contributed by atoms with Gasteiger partial charge in [-0.2, -0.15) is 0 Å². The van der Waals surface area contributed by atoms with Gasteiger partial charge in [0, 0.05) is 32.6 Å². The SMILES string of the molecule is Cc1nnc(CN2CCNCC2C)o1. The van der Waals surface area contributed by atoms with Crippen molar-refractivity contribution in [2.45, 2.75) is 26.4 Å². The van der Waals surface area contributed by atoms with Gasteiger partial charge in [-0.25, -0.2) is 0 Å². The van der Waals surface area contributed by atoms with Crippen LogP contribution in [-0.4, -0.2) is 40.8 Å². The summed E-state index contributed by atoms with van der Waals surface area (Å²) in [5.74, 6) is 1.36. The summed E-state index contributed by atoms with van der Waals surface area (Å²) in [6, 6.07) is 0.538. The number of hydrogen-bond donors (Lipinski definition) is 1. The normalized spacial score (nSPS) is 24.0. The maximum atomic E-state index is 5.35. The second-order valence-electron chi connectivity index (χ2n) is 3.74. The van der Waals surface area contributed by atoms with E-state index in [1.165, 1.54) is 0 Å². The molecule has 1 N–H and O–H groups in total. The average Bonchev–Trinajstić information content (AvgIpc) is 2.56. The summed E-state index contributed by atoms with van der Waals surface area (Å²) in [6.07, 6.45) is 0. The van der Waals surface area contributed by atoms with E-state index in [2.05, 4.69) is 27.3 Å². The maximum absolute atomic E-state index is 5.35. The topological polar surface area (TPSA) is 54.2 Å². The minimum absolute atomic E-state index is 0.538. The third-order valence-corrected chi connectivity index (χ3v) is 2.55. The molecule has 1 aliphatic heterocycles. The highest BCUT2D eigenvalue weighted by Crippen LogP contribution is 2.08.